The van der Waals surface area contributed by atoms with E-state index in [1.807, 2.05) is 0 Å². The Balaban J connectivity index is 2.68. The van der Waals surface area contributed by atoms with Gasteiger partial charge in [0.25, 0.3) is 0 Å². The average Bonchev–Trinajstić information content (AvgIpc) is 2.14. The van der Waals surface area contributed by atoms with Crippen LogP contribution in [0.4, 0.5) is 0 Å². The number of aryl methyl sites for hydroxylation is 1. The van der Waals surface area contributed by atoms with Crippen molar-refractivity contribution in [1.29, 1.82) is 0 Å². The Labute approximate surface area is 87.1 Å². The lowest BCUT2D eigenvalue weighted by Gasteiger charge is -1.97. The van der Waals surface area contributed by atoms with E-state index >= 15 is 0 Å². The standard InChI is InChI=1S/C8H13N7/c1-5-12-3-2-6(14-5)4-13-8(11)15-7(9)10/h2-3H,4H2,1H3,(H6,9,10,11,13,15). The molecule has 0 aliphatic heterocycles. The van der Waals surface area contributed by atoms with Gasteiger partial charge in [0, 0.05) is 6.20 Å². The van der Waals surface area contributed by atoms with Gasteiger partial charge >= 0.3 is 0 Å². The van der Waals surface area contributed by atoms with Crippen LogP contribution in [0.1, 0.15) is 11.5 Å². The third-order valence-corrected chi connectivity index (χ3v) is 1.48. The van der Waals surface area contributed by atoms with Crippen LogP contribution in [0.2, 0.25) is 0 Å². The molecule has 0 atom stereocenters. The first-order valence-electron chi connectivity index (χ1n) is 4.26. The second kappa shape index (κ2) is 4.89. The highest BCUT2D eigenvalue weighted by Gasteiger charge is 1.95. The minimum atomic E-state index is -0.116. The van der Waals surface area contributed by atoms with E-state index in [1.165, 1.54) is 0 Å². The van der Waals surface area contributed by atoms with Crippen molar-refractivity contribution in [3.8, 4) is 0 Å². The first-order chi connectivity index (χ1) is 7.08. The summed E-state index contributed by atoms with van der Waals surface area (Å²) in [5.41, 5.74) is 16.4. The third kappa shape index (κ3) is 4.03. The lowest BCUT2D eigenvalue weighted by Crippen LogP contribution is -2.26. The molecule has 0 aliphatic rings. The largest absolute Gasteiger partial charge is 0.370 e. The number of aliphatic imine (C=N–C) groups is 2. The van der Waals surface area contributed by atoms with E-state index in [1.54, 1.807) is 19.2 Å². The number of aromatic nitrogens is 2. The summed E-state index contributed by atoms with van der Waals surface area (Å²) in [5.74, 6) is 0.601. The summed E-state index contributed by atoms with van der Waals surface area (Å²) in [4.78, 5) is 15.6. The zero-order valence-corrected chi connectivity index (χ0v) is 8.38. The molecular weight excluding hydrogens is 194 g/mol. The van der Waals surface area contributed by atoms with Gasteiger partial charge in [-0.05, 0) is 13.0 Å². The van der Waals surface area contributed by atoms with Crippen molar-refractivity contribution in [1.82, 2.24) is 9.97 Å². The lowest BCUT2D eigenvalue weighted by molar-refractivity contribution is 0.922. The van der Waals surface area contributed by atoms with Crippen LogP contribution in [-0.2, 0) is 6.54 Å². The average molecular weight is 207 g/mol. The van der Waals surface area contributed by atoms with E-state index in [0.29, 0.717) is 12.4 Å². The summed E-state index contributed by atoms with van der Waals surface area (Å²) in [7, 11) is 0. The summed E-state index contributed by atoms with van der Waals surface area (Å²) >= 11 is 0. The Morgan fingerprint density at radius 2 is 2.13 bits per heavy atom. The highest BCUT2D eigenvalue weighted by atomic mass is 15.1. The molecule has 1 aromatic heterocycles. The van der Waals surface area contributed by atoms with Crippen molar-refractivity contribution in [3.05, 3.63) is 23.8 Å². The molecule has 80 valence electrons. The van der Waals surface area contributed by atoms with Crippen LogP contribution >= 0.6 is 0 Å². The number of hydrogen-bond acceptors (Lipinski definition) is 3. The molecule has 7 heteroatoms. The molecule has 0 aromatic carbocycles. The minimum absolute atomic E-state index is 0.0336. The van der Waals surface area contributed by atoms with Crippen LogP contribution in [-0.4, -0.2) is 21.9 Å². The van der Waals surface area contributed by atoms with Crippen molar-refractivity contribution in [2.24, 2.45) is 27.2 Å². The van der Waals surface area contributed by atoms with Crippen LogP contribution in [0.25, 0.3) is 0 Å². The molecule has 1 aromatic rings. The van der Waals surface area contributed by atoms with E-state index in [-0.39, 0.29) is 11.9 Å². The van der Waals surface area contributed by atoms with Gasteiger partial charge in [0.2, 0.25) is 5.96 Å². The number of nitrogens with two attached hydrogens (primary N) is 3. The van der Waals surface area contributed by atoms with Crippen LogP contribution in [0.15, 0.2) is 22.2 Å². The van der Waals surface area contributed by atoms with Gasteiger partial charge in [0.1, 0.15) is 5.82 Å². The van der Waals surface area contributed by atoms with Gasteiger partial charge in [-0.3, -0.25) is 0 Å². The van der Waals surface area contributed by atoms with E-state index in [2.05, 4.69) is 20.0 Å². The van der Waals surface area contributed by atoms with Crippen LogP contribution in [0.3, 0.4) is 0 Å². The highest BCUT2D eigenvalue weighted by molar-refractivity contribution is 5.92. The number of rotatable bonds is 2. The predicted molar refractivity (Wildman–Crippen MR) is 57.9 cm³/mol. The molecule has 15 heavy (non-hydrogen) atoms. The molecule has 0 saturated heterocycles. The first kappa shape index (κ1) is 10.9. The molecule has 0 spiro atoms. The Morgan fingerprint density at radius 3 is 2.73 bits per heavy atom. The van der Waals surface area contributed by atoms with Crippen LogP contribution in [0.5, 0.6) is 0 Å². The van der Waals surface area contributed by atoms with Gasteiger partial charge < -0.3 is 17.2 Å². The van der Waals surface area contributed by atoms with Gasteiger partial charge in [-0.15, -0.1) is 0 Å². The molecule has 0 amide bonds. The lowest BCUT2D eigenvalue weighted by atomic mass is 10.4. The second-order valence-corrected chi connectivity index (χ2v) is 2.81. The van der Waals surface area contributed by atoms with E-state index in [9.17, 15) is 0 Å². The molecule has 0 fully saturated rings. The zero-order chi connectivity index (χ0) is 11.3. The van der Waals surface area contributed by atoms with E-state index in [4.69, 9.17) is 17.2 Å². The predicted octanol–water partition coefficient (Wildman–Crippen LogP) is -1.13. The normalized spacial score (nSPS) is 11.1. The van der Waals surface area contributed by atoms with Gasteiger partial charge in [-0.25, -0.2) is 15.0 Å². The fraction of sp³-hybridized carbons (Fsp3) is 0.250. The molecule has 1 heterocycles. The zero-order valence-electron chi connectivity index (χ0n) is 8.38. The molecular formula is C8H13N7. The fourth-order valence-electron chi connectivity index (χ4n) is 0.923. The fourth-order valence-corrected chi connectivity index (χ4v) is 0.923. The summed E-state index contributed by atoms with van der Waals surface area (Å²) in [5, 5.41) is 0. The Morgan fingerprint density at radius 1 is 1.40 bits per heavy atom. The van der Waals surface area contributed by atoms with Crippen molar-refractivity contribution in [2.45, 2.75) is 13.5 Å². The summed E-state index contributed by atoms with van der Waals surface area (Å²) < 4.78 is 0. The molecule has 0 bridgehead atoms. The van der Waals surface area contributed by atoms with Gasteiger partial charge in [0.15, 0.2) is 5.96 Å². The van der Waals surface area contributed by atoms with E-state index < -0.39 is 0 Å². The van der Waals surface area contributed by atoms with Crippen molar-refractivity contribution < 1.29 is 0 Å². The highest BCUT2D eigenvalue weighted by Crippen LogP contribution is 1.96. The van der Waals surface area contributed by atoms with Gasteiger partial charge in [-0.2, -0.15) is 4.99 Å². The molecule has 7 nitrogen and oxygen atoms in total. The Bertz CT molecular complexity index is 392. The van der Waals surface area contributed by atoms with Gasteiger partial charge in [-0.1, -0.05) is 0 Å². The Hall–Kier alpha value is -2.18. The number of guanidine groups is 2. The van der Waals surface area contributed by atoms with Crippen molar-refractivity contribution >= 4 is 11.9 Å². The maximum Gasteiger partial charge on any atom is 0.218 e. The molecule has 0 radical (unpaired) electrons. The maximum atomic E-state index is 5.42. The van der Waals surface area contributed by atoms with Crippen molar-refractivity contribution in [2.75, 3.05) is 0 Å². The van der Waals surface area contributed by atoms with Crippen LogP contribution in [0, 0.1) is 6.92 Å². The summed E-state index contributed by atoms with van der Waals surface area (Å²) in [6.07, 6.45) is 1.66. The molecule has 1 rings (SSSR count). The SMILES string of the molecule is Cc1nccc(CN=C(N)N=C(N)N)n1. The monoisotopic (exact) mass is 207 g/mol. The molecule has 0 unspecified atom stereocenters. The summed E-state index contributed by atoms with van der Waals surface area (Å²) in [6, 6.07) is 1.75. The van der Waals surface area contributed by atoms with Gasteiger partial charge in [0.05, 0.1) is 12.2 Å². The topological polar surface area (TPSA) is 129 Å². The quantitative estimate of drug-likeness (QED) is 0.417. The van der Waals surface area contributed by atoms with Crippen LogP contribution < -0.4 is 17.2 Å². The number of hydrogen-bond donors (Lipinski definition) is 3. The summed E-state index contributed by atoms with van der Waals surface area (Å²) in [6.45, 7) is 2.12. The van der Waals surface area contributed by atoms with Crippen molar-refractivity contribution in [3.63, 3.8) is 0 Å². The maximum absolute atomic E-state index is 5.42. The minimum Gasteiger partial charge on any atom is -0.370 e. The van der Waals surface area contributed by atoms with E-state index in [0.717, 1.165) is 5.69 Å². The smallest absolute Gasteiger partial charge is 0.218 e. The molecule has 0 aliphatic carbocycles. The number of nitrogens with zero attached hydrogens (tertiary/aromatic N) is 4. The second-order valence-electron chi connectivity index (χ2n) is 2.81. The first-order valence-corrected chi connectivity index (χ1v) is 4.26. The molecule has 0 saturated carbocycles. The third-order valence-electron chi connectivity index (χ3n) is 1.48. The molecule has 6 N–H and O–H groups in total. The Kier molecular flexibility index (Phi) is 3.55.